The number of hydrogen-bond donors (Lipinski definition) is 3. The molecule has 0 aliphatic rings. The number of nitrogen functional groups attached to an aromatic ring is 1. The molecule has 62 valence electrons. The van der Waals surface area contributed by atoms with Gasteiger partial charge in [0.2, 0.25) is 11.5 Å². The van der Waals surface area contributed by atoms with Crippen molar-refractivity contribution in [2.45, 2.75) is 0 Å². The molecule has 0 spiro atoms. The van der Waals surface area contributed by atoms with Gasteiger partial charge in [0.1, 0.15) is 0 Å². The normalized spacial score (nSPS) is 10.3. The number of hydrogen-bond acceptors (Lipinski definition) is 6. The Kier molecular flexibility index (Phi) is 1.17. The maximum Gasteiger partial charge on any atom is 0.398 e. The largest absolute Gasteiger partial charge is 0.398 e. The number of nitrogens with zero attached hydrogens (tertiary/aromatic N) is 4. The van der Waals surface area contributed by atoms with Crippen LogP contribution in [-0.2, 0) is 0 Å². The van der Waals surface area contributed by atoms with Gasteiger partial charge in [0.05, 0.1) is 9.64 Å². The van der Waals surface area contributed by atoms with Crippen LogP contribution in [0.2, 0.25) is 0 Å². The minimum absolute atomic E-state index is 0.0140. The van der Waals surface area contributed by atoms with E-state index in [1.54, 1.807) is 0 Å². The third kappa shape index (κ3) is 0.761. The van der Waals surface area contributed by atoms with E-state index in [9.17, 15) is 4.91 Å². The fraction of sp³-hybridized carbons (Fsp3) is 0. The van der Waals surface area contributed by atoms with Crippen LogP contribution in [0.25, 0.3) is 11.5 Å². The molecule has 9 heteroatoms. The highest BCUT2D eigenvalue weighted by molar-refractivity contribution is 5.59. The third-order valence-electron chi connectivity index (χ3n) is 1.23. The van der Waals surface area contributed by atoms with E-state index in [4.69, 9.17) is 5.73 Å². The van der Waals surface area contributed by atoms with Gasteiger partial charge in [0.15, 0.2) is 0 Å². The molecule has 0 saturated carbocycles. The summed E-state index contributed by atoms with van der Waals surface area (Å²) >= 11 is 0. The van der Waals surface area contributed by atoms with Crippen molar-refractivity contribution in [2.75, 3.05) is 5.73 Å². The lowest BCUT2D eigenvalue weighted by Gasteiger charge is -1.76. The molecule has 2 aromatic heterocycles. The minimum Gasteiger partial charge on any atom is -0.379 e. The quantitative estimate of drug-likeness (QED) is 0.436. The molecule has 0 atom stereocenters. The molecule has 0 unspecified atom stereocenters. The predicted octanol–water partition coefficient (Wildman–Crippen LogP) is -1.72. The highest BCUT2D eigenvalue weighted by Crippen LogP contribution is 2.13. The number of rotatable bonds is 1. The summed E-state index contributed by atoms with van der Waals surface area (Å²) in [5, 5.41) is 14.6. The second-order valence-electron chi connectivity index (χ2n) is 1.95. The molecule has 0 aromatic carbocycles. The lowest BCUT2D eigenvalue weighted by atomic mass is 10.4. The Hall–Kier alpha value is -2.19. The molecular weight excluding hydrogens is 166 g/mol. The average Bonchev–Trinajstić information content (AvgIpc) is 2.59. The highest BCUT2D eigenvalue weighted by atomic mass is 16.6. The van der Waals surface area contributed by atoms with E-state index in [0.29, 0.717) is 4.54 Å². The van der Waals surface area contributed by atoms with Crippen LogP contribution in [0.3, 0.4) is 0 Å². The van der Waals surface area contributed by atoms with Crippen LogP contribution in [0.15, 0.2) is 4.63 Å². The van der Waals surface area contributed by atoms with E-state index in [2.05, 4.69) is 30.5 Å². The van der Waals surface area contributed by atoms with E-state index in [1.165, 1.54) is 0 Å². The van der Waals surface area contributed by atoms with E-state index in [0.717, 1.165) is 0 Å². The summed E-state index contributed by atoms with van der Waals surface area (Å²) in [7, 11) is 0. The van der Waals surface area contributed by atoms with Crippen LogP contribution in [0.1, 0.15) is 0 Å². The van der Waals surface area contributed by atoms with Gasteiger partial charge in [0, 0.05) is 0 Å². The first-order valence-corrected chi connectivity index (χ1v) is 2.93. The highest BCUT2D eigenvalue weighted by Gasteiger charge is 2.22. The van der Waals surface area contributed by atoms with Crippen LogP contribution in [0.4, 0.5) is 5.82 Å². The van der Waals surface area contributed by atoms with Crippen LogP contribution in [-0.4, -0.2) is 25.8 Å². The minimum atomic E-state index is -0.0197. The molecule has 0 amide bonds. The molecule has 0 aliphatic carbocycles. The Morgan fingerprint density at radius 1 is 1.50 bits per heavy atom. The Balaban J connectivity index is 2.65. The van der Waals surface area contributed by atoms with Crippen LogP contribution < -0.4 is 10.3 Å². The first-order chi connectivity index (χ1) is 5.79. The van der Waals surface area contributed by atoms with Gasteiger partial charge in [-0.2, -0.15) is 0 Å². The van der Waals surface area contributed by atoms with Crippen molar-refractivity contribution in [1.82, 2.24) is 25.8 Å². The summed E-state index contributed by atoms with van der Waals surface area (Å²) in [6.45, 7) is 0. The van der Waals surface area contributed by atoms with E-state index < -0.39 is 0 Å². The van der Waals surface area contributed by atoms with Gasteiger partial charge in [-0.05, 0) is 10.3 Å². The van der Waals surface area contributed by atoms with Crippen molar-refractivity contribution in [1.29, 1.82) is 0 Å². The first-order valence-electron chi connectivity index (χ1n) is 2.93. The fourth-order valence-corrected chi connectivity index (χ4v) is 0.721. The van der Waals surface area contributed by atoms with Crippen LogP contribution >= 0.6 is 0 Å². The van der Waals surface area contributed by atoms with Crippen LogP contribution in [0.5, 0.6) is 0 Å². The molecule has 0 aliphatic heterocycles. The zero-order valence-corrected chi connectivity index (χ0v) is 5.68. The predicted molar refractivity (Wildman–Crippen MR) is 34.0 cm³/mol. The van der Waals surface area contributed by atoms with Gasteiger partial charge in [-0.3, -0.25) is 0 Å². The van der Waals surface area contributed by atoms with Crippen molar-refractivity contribution in [2.24, 2.45) is 0 Å². The Morgan fingerprint density at radius 2 is 2.33 bits per heavy atom. The van der Waals surface area contributed by atoms with Gasteiger partial charge in [-0.1, -0.05) is 15.3 Å². The Labute approximate surface area is 64.1 Å². The van der Waals surface area contributed by atoms with Gasteiger partial charge in [-0.25, -0.2) is 4.63 Å². The maximum absolute atomic E-state index is 10.9. The second-order valence-corrected chi connectivity index (χ2v) is 1.95. The summed E-state index contributed by atoms with van der Waals surface area (Å²) in [5.41, 5.74) is 5.41. The number of anilines is 1. The number of nitrogens with two attached hydrogens (primary N) is 1. The zero-order chi connectivity index (χ0) is 8.55. The first kappa shape index (κ1) is 6.52. The van der Waals surface area contributed by atoms with E-state index >= 15 is 0 Å². The molecule has 0 saturated heterocycles. The van der Waals surface area contributed by atoms with E-state index in [1.807, 2.05) is 0 Å². The number of nitrogens with one attached hydrogen (secondary N) is 2. The van der Waals surface area contributed by atoms with E-state index in [-0.39, 0.29) is 17.3 Å². The number of H-pyrrole nitrogens is 2. The lowest BCUT2D eigenvalue weighted by Crippen LogP contribution is -2.18. The molecule has 0 bridgehead atoms. The topological polar surface area (TPSA) is 132 Å². The lowest BCUT2D eigenvalue weighted by molar-refractivity contribution is -0.553. The summed E-state index contributed by atoms with van der Waals surface area (Å²) < 4.78 is 4.64. The molecule has 9 nitrogen and oxygen atoms in total. The van der Waals surface area contributed by atoms with Crippen molar-refractivity contribution < 1.29 is 9.17 Å². The summed E-state index contributed by atoms with van der Waals surface area (Å²) in [6, 6.07) is 0. The molecular formula is C3H4N7O2+. The van der Waals surface area contributed by atoms with Crippen molar-refractivity contribution in [3.63, 3.8) is 0 Å². The van der Waals surface area contributed by atoms with Gasteiger partial charge < -0.3 is 5.73 Å². The summed E-state index contributed by atoms with van der Waals surface area (Å²) in [5.74, 6) is -0.00569. The molecule has 0 radical (unpaired) electrons. The van der Waals surface area contributed by atoms with Gasteiger partial charge in [-0.15, -0.1) is 0 Å². The standard InChI is InChI=1S/C3H4N7O2/c4-2-1(6-12-7-2)3-5-8-9-10(3)11/h(H2,4,7)(H2,5,8,9,11)/q+1. The maximum atomic E-state index is 10.9. The smallest absolute Gasteiger partial charge is 0.379 e. The zero-order valence-electron chi connectivity index (χ0n) is 5.68. The fourth-order valence-electron chi connectivity index (χ4n) is 0.721. The van der Waals surface area contributed by atoms with Crippen molar-refractivity contribution in [3.8, 4) is 11.5 Å². The second kappa shape index (κ2) is 2.15. The molecule has 2 heterocycles. The Bertz CT molecular complexity index is 437. The van der Waals surface area contributed by atoms with Gasteiger partial charge in [0.25, 0.3) is 0 Å². The number of aromatic amines is 2. The molecule has 2 aromatic rings. The van der Waals surface area contributed by atoms with Crippen LogP contribution in [0, 0.1) is 4.91 Å². The SMILES string of the molecule is Nc1nonc1-c1n[nH][nH][n+]1=O. The van der Waals surface area contributed by atoms with Gasteiger partial charge >= 0.3 is 5.82 Å². The Morgan fingerprint density at radius 3 is 2.83 bits per heavy atom. The molecule has 0 fully saturated rings. The number of tetrazole rings is 1. The molecule has 12 heavy (non-hydrogen) atoms. The van der Waals surface area contributed by atoms with Crippen molar-refractivity contribution in [3.05, 3.63) is 4.91 Å². The third-order valence-corrected chi connectivity index (χ3v) is 1.23. The molecule has 2 rings (SSSR count). The summed E-state index contributed by atoms with van der Waals surface area (Å²) in [4.78, 5) is 10.9. The monoisotopic (exact) mass is 170 g/mol. The summed E-state index contributed by atoms with van der Waals surface area (Å²) in [6.07, 6.45) is 0. The molecule has 4 N–H and O–H groups in total. The average molecular weight is 170 g/mol. The van der Waals surface area contributed by atoms with Crippen molar-refractivity contribution >= 4 is 5.82 Å². The number of aromatic nitrogens is 6.